The molecule has 0 radical (unpaired) electrons. The molecule has 0 fully saturated rings. The maximum Gasteiger partial charge on any atom is 0.342 e. The molecule has 5 nitrogen and oxygen atoms in total. The van der Waals surface area contributed by atoms with E-state index in [1.807, 2.05) is 0 Å². The molecule has 1 rings (SSSR count). The Labute approximate surface area is 79.1 Å². The lowest BCUT2D eigenvalue weighted by atomic mass is 10.2. The molecule has 13 heavy (non-hydrogen) atoms. The van der Waals surface area contributed by atoms with Crippen LogP contribution in [0.4, 0.5) is 5.69 Å². The molecular formula is C7H4ClNO4. The average Bonchev–Trinajstić information content (AvgIpc) is 2.08. The molecule has 0 amide bonds. The van der Waals surface area contributed by atoms with Gasteiger partial charge in [-0.05, 0) is 12.1 Å². The first kappa shape index (κ1) is 8.00. The van der Waals surface area contributed by atoms with Crippen molar-refractivity contribution in [2.75, 3.05) is 0 Å². The van der Waals surface area contributed by atoms with Gasteiger partial charge in [-0.25, -0.2) is 4.79 Å². The monoisotopic (exact) mass is 203 g/mol. The standard InChI is InChI=1S/C7H4ClNO4/c8-5-3-1-2-4(7(10)11)6(5)9(12)13/h1-3H,(H,10,11)/i3T. The van der Waals surface area contributed by atoms with Gasteiger partial charge in [0, 0.05) is 0 Å². The van der Waals surface area contributed by atoms with E-state index in [4.69, 9.17) is 18.1 Å². The van der Waals surface area contributed by atoms with Crippen molar-refractivity contribution in [3.63, 3.8) is 0 Å². The Hall–Kier alpha value is -1.62. The van der Waals surface area contributed by atoms with Crippen molar-refractivity contribution < 1.29 is 16.2 Å². The second kappa shape index (κ2) is 3.40. The lowest BCUT2D eigenvalue weighted by Crippen LogP contribution is -2.02. The molecule has 0 bridgehead atoms. The zero-order valence-electron chi connectivity index (χ0n) is 7.15. The minimum atomic E-state index is -1.45. The molecule has 1 aromatic rings. The van der Waals surface area contributed by atoms with Gasteiger partial charge in [-0.15, -0.1) is 0 Å². The number of nitro benzene ring substituents is 1. The molecule has 1 aromatic carbocycles. The van der Waals surface area contributed by atoms with Crippen LogP contribution in [0.3, 0.4) is 0 Å². The summed E-state index contributed by atoms with van der Waals surface area (Å²) in [7, 11) is 0. The lowest BCUT2D eigenvalue weighted by Gasteiger charge is -1.98. The summed E-state index contributed by atoms with van der Waals surface area (Å²) in [4.78, 5) is 20.1. The molecule has 0 heterocycles. The number of rotatable bonds is 2. The van der Waals surface area contributed by atoms with Crippen LogP contribution in [0.15, 0.2) is 18.2 Å². The number of halogens is 1. The van der Waals surface area contributed by atoms with Crippen LogP contribution in [-0.4, -0.2) is 16.0 Å². The van der Waals surface area contributed by atoms with Gasteiger partial charge in [-0.2, -0.15) is 0 Å². The van der Waals surface area contributed by atoms with Crippen LogP contribution in [0.1, 0.15) is 11.7 Å². The Morgan fingerprint density at radius 3 is 2.85 bits per heavy atom. The number of hydrogen-bond donors (Lipinski definition) is 1. The van der Waals surface area contributed by atoms with E-state index < -0.39 is 27.2 Å². The quantitative estimate of drug-likeness (QED) is 0.588. The highest BCUT2D eigenvalue weighted by Gasteiger charge is 2.22. The van der Waals surface area contributed by atoms with Gasteiger partial charge in [-0.1, -0.05) is 17.7 Å². The molecule has 0 unspecified atom stereocenters. The molecule has 0 spiro atoms. The van der Waals surface area contributed by atoms with Crippen LogP contribution in [0, 0.1) is 10.1 Å². The van der Waals surface area contributed by atoms with Crippen LogP contribution in [0.2, 0.25) is 5.02 Å². The van der Waals surface area contributed by atoms with Crippen LogP contribution in [0.5, 0.6) is 0 Å². The summed E-state index contributed by atoms with van der Waals surface area (Å²) in [5.41, 5.74) is -1.26. The highest BCUT2D eigenvalue weighted by molar-refractivity contribution is 6.33. The number of carboxylic acids is 1. The SMILES string of the molecule is [3H]c1ccc(C(=O)O)c([N+](=O)[O-])c1Cl. The number of benzene rings is 1. The van der Waals surface area contributed by atoms with Gasteiger partial charge < -0.3 is 5.11 Å². The fourth-order valence-electron chi connectivity index (χ4n) is 0.815. The number of carboxylic acid groups (broad SMARTS) is 1. The summed E-state index contributed by atoms with van der Waals surface area (Å²) in [6, 6.07) is 1.80. The van der Waals surface area contributed by atoms with Crippen LogP contribution in [0.25, 0.3) is 0 Å². The number of carbonyl (C=O) groups is 1. The van der Waals surface area contributed by atoms with Gasteiger partial charge in [0.1, 0.15) is 10.6 Å². The Balaban J connectivity index is 3.53. The van der Waals surface area contributed by atoms with Gasteiger partial charge in [0.2, 0.25) is 0 Å². The highest BCUT2D eigenvalue weighted by atomic mass is 35.5. The van der Waals surface area contributed by atoms with Gasteiger partial charge in [0.25, 0.3) is 0 Å². The topological polar surface area (TPSA) is 80.4 Å². The van der Waals surface area contributed by atoms with Crippen LogP contribution in [-0.2, 0) is 0 Å². The van der Waals surface area contributed by atoms with E-state index in [2.05, 4.69) is 0 Å². The Bertz CT molecular complexity index is 420. The first-order valence-electron chi connectivity index (χ1n) is 3.62. The molecule has 68 valence electrons. The van der Waals surface area contributed by atoms with Crippen molar-refractivity contribution in [2.45, 2.75) is 0 Å². The molecule has 0 atom stereocenters. The molecule has 0 aliphatic rings. The van der Waals surface area contributed by atoms with Crippen molar-refractivity contribution >= 4 is 23.3 Å². The molecule has 6 heteroatoms. The van der Waals surface area contributed by atoms with Gasteiger partial charge in [0.05, 0.1) is 6.29 Å². The van der Waals surface area contributed by atoms with Crippen LogP contribution >= 0.6 is 11.6 Å². The van der Waals surface area contributed by atoms with E-state index in [0.29, 0.717) is 0 Å². The van der Waals surface area contributed by atoms with E-state index >= 15 is 0 Å². The Kier molecular flexibility index (Phi) is 2.09. The van der Waals surface area contributed by atoms with E-state index in [1.165, 1.54) is 0 Å². The molecule has 0 aliphatic heterocycles. The van der Waals surface area contributed by atoms with E-state index in [1.54, 1.807) is 0 Å². The van der Waals surface area contributed by atoms with Crippen LogP contribution < -0.4 is 0 Å². The summed E-state index contributed by atoms with van der Waals surface area (Å²) in [5.74, 6) is -1.45. The summed E-state index contributed by atoms with van der Waals surface area (Å²) >= 11 is 5.44. The first-order chi connectivity index (χ1) is 6.45. The Morgan fingerprint density at radius 1 is 1.77 bits per heavy atom. The third-order valence-electron chi connectivity index (χ3n) is 1.34. The average molecular weight is 204 g/mol. The van der Waals surface area contributed by atoms with Crippen molar-refractivity contribution in [1.82, 2.24) is 0 Å². The first-order valence-corrected chi connectivity index (χ1v) is 3.49. The van der Waals surface area contributed by atoms with Crippen molar-refractivity contribution in [1.29, 1.82) is 0 Å². The molecular weight excluding hydrogens is 198 g/mol. The molecule has 0 saturated heterocycles. The second-order valence-electron chi connectivity index (χ2n) is 2.12. The largest absolute Gasteiger partial charge is 0.477 e. The number of aromatic carboxylic acids is 1. The van der Waals surface area contributed by atoms with E-state index in [0.717, 1.165) is 12.1 Å². The fraction of sp³-hybridized carbons (Fsp3) is 0. The number of para-hydroxylation sites is 1. The second-order valence-corrected chi connectivity index (χ2v) is 2.49. The predicted octanol–water partition coefficient (Wildman–Crippen LogP) is 1.95. The normalized spacial score (nSPS) is 10.7. The van der Waals surface area contributed by atoms with Crippen molar-refractivity contribution in [3.8, 4) is 0 Å². The highest BCUT2D eigenvalue weighted by Crippen LogP contribution is 2.27. The van der Waals surface area contributed by atoms with Crippen molar-refractivity contribution in [3.05, 3.63) is 38.9 Å². The zero-order valence-corrected chi connectivity index (χ0v) is 6.91. The molecule has 0 saturated carbocycles. The third-order valence-corrected chi connectivity index (χ3v) is 1.62. The summed E-state index contributed by atoms with van der Waals surface area (Å²) in [6.07, 6.45) is 0. The minimum Gasteiger partial charge on any atom is -0.477 e. The number of nitro groups is 1. The fourth-order valence-corrected chi connectivity index (χ4v) is 1.05. The van der Waals surface area contributed by atoms with Gasteiger partial charge in [-0.3, -0.25) is 10.1 Å². The maximum atomic E-state index is 10.6. The number of hydrogen-bond acceptors (Lipinski definition) is 3. The van der Waals surface area contributed by atoms with Gasteiger partial charge >= 0.3 is 11.7 Å². The summed E-state index contributed by atoms with van der Waals surface area (Å²) < 4.78 is 7.16. The lowest BCUT2D eigenvalue weighted by molar-refractivity contribution is -0.385. The molecule has 0 aliphatic carbocycles. The Morgan fingerprint density at radius 2 is 2.38 bits per heavy atom. The zero-order chi connectivity index (χ0) is 10.9. The van der Waals surface area contributed by atoms with Gasteiger partial charge in [0.15, 0.2) is 0 Å². The molecule has 1 N–H and O–H groups in total. The maximum absolute atomic E-state index is 10.6. The third kappa shape index (κ3) is 1.75. The molecule has 0 aromatic heterocycles. The van der Waals surface area contributed by atoms with E-state index in [9.17, 15) is 14.9 Å². The van der Waals surface area contributed by atoms with E-state index in [-0.39, 0.29) is 6.04 Å². The number of nitrogens with zero attached hydrogens (tertiary/aromatic N) is 1. The minimum absolute atomic E-state index is 0.275. The van der Waals surface area contributed by atoms with Crippen molar-refractivity contribution in [2.24, 2.45) is 0 Å². The predicted molar refractivity (Wildman–Crippen MR) is 45.1 cm³/mol. The summed E-state index contributed by atoms with van der Waals surface area (Å²) in [5, 5.41) is 18.6. The summed E-state index contributed by atoms with van der Waals surface area (Å²) in [6.45, 7) is 0. The smallest absolute Gasteiger partial charge is 0.342 e.